The smallest absolute Gasteiger partial charge is 0.319 e. The van der Waals surface area contributed by atoms with Crippen LogP contribution in [0.15, 0.2) is 0 Å². The predicted molar refractivity (Wildman–Crippen MR) is 93.0 cm³/mol. The van der Waals surface area contributed by atoms with E-state index in [1.54, 1.807) is 7.11 Å². The van der Waals surface area contributed by atoms with E-state index >= 15 is 0 Å². The molecule has 0 N–H and O–H groups in total. The zero-order chi connectivity index (χ0) is 18.3. The fourth-order valence-electron chi connectivity index (χ4n) is 7.85. The van der Waals surface area contributed by atoms with Gasteiger partial charge in [0.25, 0.3) is 0 Å². The predicted octanol–water partition coefficient (Wildman–Crippen LogP) is 2.96. The van der Waals surface area contributed by atoms with Crippen LogP contribution in [0.25, 0.3) is 0 Å². The molecule has 0 aromatic carbocycles. The molecule has 3 aliphatic carbocycles. The second-order valence-corrected chi connectivity index (χ2v) is 9.93. The minimum absolute atomic E-state index is 0.0178. The lowest BCUT2D eigenvalue weighted by Crippen LogP contribution is -2.64. The highest BCUT2D eigenvalue weighted by Gasteiger charge is 2.74. The molecule has 2 spiro atoms. The molecule has 2 bridgehead atoms. The quantitative estimate of drug-likeness (QED) is 0.530. The van der Waals surface area contributed by atoms with Crippen LogP contribution in [0.1, 0.15) is 52.4 Å². The third kappa shape index (κ3) is 1.80. The summed E-state index contributed by atoms with van der Waals surface area (Å²) in [6.45, 7) is 5.43. The molecule has 144 valence electrons. The van der Waals surface area contributed by atoms with Crippen molar-refractivity contribution in [3.63, 3.8) is 0 Å². The zero-order valence-corrected chi connectivity index (χ0v) is 16.1. The highest BCUT2D eigenvalue weighted by molar-refractivity contribution is 6.07. The van der Waals surface area contributed by atoms with Gasteiger partial charge in [0.15, 0.2) is 12.1 Å². The summed E-state index contributed by atoms with van der Waals surface area (Å²) in [6, 6.07) is 0. The first kappa shape index (κ1) is 17.2. The van der Waals surface area contributed by atoms with Crippen LogP contribution in [0.2, 0.25) is 0 Å². The molecule has 5 nitrogen and oxygen atoms in total. The summed E-state index contributed by atoms with van der Waals surface area (Å²) in [6.07, 6.45) is 5.66. The van der Waals surface area contributed by atoms with Gasteiger partial charge in [-0.25, -0.2) is 0 Å². The summed E-state index contributed by atoms with van der Waals surface area (Å²) in [5, 5.41) is 0. The Morgan fingerprint density at radius 1 is 1.15 bits per heavy atom. The van der Waals surface area contributed by atoms with Crippen molar-refractivity contribution in [3.8, 4) is 0 Å². The molecular formula is C21H30O5. The molecule has 0 amide bonds. The number of Topliss-reactive ketones (excluding diaryl/α,β-unsaturated/α-hetero) is 1. The van der Waals surface area contributed by atoms with E-state index < -0.39 is 5.41 Å². The number of carbonyl (C=O) groups is 2. The van der Waals surface area contributed by atoms with E-state index in [1.165, 1.54) is 0 Å². The van der Waals surface area contributed by atoms with Crippen molar-refractivity contribution in [2.24, 2.45) is 39.9 Å². The Labute approximate surface area is 155 Å². The Hall–Kier alpha value is -0.940. The molecule has 8 atom stereocenters. The molecule has 26 heavy (non-hydrogen) atoms. The van der Waals surface area contributed by atoms with E-state index in [0.717, 1.165) is 32.1 Å². The summed E-state index contributed by atoms with van der Waals surface area (Å²) in [5.74, 6) is 0.490. The van der Waals surface area contributed by atoms with Gasteiger partial charge < -0.3 is 14.2 Å². The average molecular weight is 362 g/mol. The first-order chi connectivity index (χ1) is 12.4. The number of ketones is 1. The maximum atomic E-state index is 13.3. The highest BCUT2D eigenvalue weighted by atomic mass is 16.7. The van der Waals surface area contributed by atoms with E-state index in [0.29, 0.717) is 25.6 Å². The number of rotatable bonds is 1. The minimum atomic E-state index is -0.903. The molecule has 5 fully saturated rings. The molecule has 0 radical (unpaired) electrons. The SMILES string of the molecule is CO[C@@H]1OC[C@]2(C)CCC[C@]3(COC(=O)[C@@]45C[C@@H](CC[C@H]43)[C@@H](C)C5=O)[C@H]12. The van der Waals surface area contributed by atoms with Gasteiger partial charge in [0.2, 0.25) is 0 Å². The van der Waals surface area contributed by atoms with Crippen LogP contribution in [-0.4, -0.2) is 38.4 Å². The van der Waals surface area contributed by atoms with Gasteiger partial charge in [-0.05, 0) is 49.4 Å². The molecule has 2 heterocycles. The highest BCUT2D eigenvalue weighted by Crippen LogP contribution is 2.69. The maximum Gasteiger partial charge on any atom is 0.319 e. The van der Waals surface area contributed by atoms with E-state index in [4.69, 9.17) is 14.2 Å². The van der Waals surface area contributed by atoms with Crippen molar-refractivity contribution in [1.82, 2.24) is 0 Å². The lowest BCUT2D eigenvalue weighted by atomic mass is 9.45. The number of fused-ring (bicyclic) bond motifs is 4. The van der Waals surface area contributed by atoms with Crippen LogP contribution >= 0.6 is 0 Å². The summed E-state index contributed by atoms with van der Waals surface area (Å²) in [5.41, 5.74) is -1.06. The van der Waals surface area contributed by atoms with E-state index in [-0.39, 0.29) is 46.6 Å². The van der Waals surface area contributed by atoms with Crippen molar-refractivity contribution < 1.29 is 23.8 Å². The molecule has 5 aliphatic rings. The Morgan fingerprint density at radius 2 is 1.96 bits per heavy atom. The van der Waals surface area contributed by atoms with Gasteiger partial charge in [0.05, 0.1) is 13.2 Å². The molecule has 5 rings (SSSR count). The van der Waals surface area contributed by atoms with Gasteiger partial charge in [-0.2, -0.15) is 0 Å². The van der Waals surface area contributed by atoms with Crippen LogP contribution < -0.4 is 0 Å². The molecular weight excluding hydrogens is 332 g/mol. The largest absolute Gasteiger partial charge is 0.464 e. The molecule has 2 saturated heterocycles. The number of methoxy groups -OCH3 is 1. The van der Waals surface area contributed by atoms with E-state index in [9.17, 15) is 9.59 Å². The van der Waals surface area contributed by atoms with Crippen LogP contribution in [0.3, 0.4) is 0 Å². The number of esters is 1. The molecule has 0 aromatic heterocycles. The Kier molecular flexibility index (Phi) is 3.51. The zero-order valence-electron chi connectivity index (χ0n) is 16.1. The van der Waals surface area contributed by atoms with Crippen molar-refractivity contribution in [3.05, 3.63) is 0 Å². The summed E-state index contributed by atoms with van der Waals surface area (Å²) in [7, 11) is 1.71. The molecule has 3 saturated carbocycles. The maximum absolute atomic E-state index is 13.3. The Morgan fingerprint density at radius 3 is 2.73 bits per heavy atom. The van der Waals surface area contributed by atoms with Crippen molar-refractivity contribution >= 4 is 11.8 Å². The average Bonchev–Trinajstić information content (AvgIpc) is 3.08. The van der Waals surface area contributed by atoms with Gasteiger partial charge in [-0.15, -0.1) is 0 Å². The number of hydrogen-bond acceptors (Lipinski definition) is 5. The van der Waals surface area contributed by atoms with Gasteiger partial charge in [0, 0.05) is 24.4 Å². The molecule has 0 aromatic rings. The van der Waals surface area contributed by atoms with Gasteiger partial charge in [0.1, 0.15) is 5.41 Å². The van der Waals surface area contributed by atoms with Gasteiger partial charge >= 0.3 is 5.97 Å². The monoisotopic (exact) mass is 362 g/mol. The van der Waals surface area contributed by atoms with E-state index in [2.05, 4.69) is 6.92 Å². The minimum Gasteiger partial charge on any atom is -0.464 e. The Bertz CT molecular complexity index is 661. The van der Waals surface area contributed by atoms with E-state index in [1.807, 2.05) is 6.92 Å². The topological polar surface area (TPSA) is 61.8 Å². The van der Waals surface area contributed by atoms with Crippen molar-refractivity contribution in [1.29, 1.82) is 0 Å². The summed E-state index contributed by atoms with van der Waals surface area (Å²) >= 11 is 0. The number of carbonyl (C=O) groups excluding carboxylic acids is 2. The first-order valence-corrected chi connectivity index (χ1v) is 10.2. The van der Waals surface area contributed by atoms with Crippen molar-refractivity contribution in [2.75, 3.05) is 20.3 Å². The molecule has 2 aliphatic heterocycles. The van der Waals surface area contributed by atoms with Crippen LogP contribution in [0, 0.1) is 39.9 Å². The van der Waals surface area contributed by atoms with Gasteiger partial charge in [-0.1, -0.05) is 20.3 Å². The third-order valence-electron chi connectivity index (χ3n) is 8.94. The first-order valence-electron chi connectivity index (χ1n) is 10.2. The number of cyclic esters (lactones) is 1. The standard InChI is InChI=1S/C21H30O5/c1-12-13-5-6-14-20(11-26-18(23)21(14,9-13)16(12)22)8-4-7-19(2)10-25-17(24-3)15(19)20/h12-15,17H,4-11H2,1-3H3/t12-,13-,14+,15-,17-,19+,20-,21+/m1/s1. The fourth-order valence-corrected chi connectivity index (χ4v) is 7.85. The number of hydrogen-bond donors (Lipinski definition) is 0. The summed E-state index contributed by atoms with van der Waals surface area (Å²) in [4.78, 5) is 26.3. The second kappa shape index (κ2) is 5.32. The van der Waals surface area contributed by atoms with Crippen LogP contribution in [0.4, 0.5) is 0 Å². The lowest BCUT2D eigenvalue weighted by Gasteiger charge is -2.60. The fraction of sp³-hybridized carbons (Fsp3) is 0.905. The second-order valence-electron chi connectivity index (χ2n) is 9.93. The molecule has 0 unspecified atom stereocenters. The normalized spacial score (nSPS) is 55.6. The van der Waals surface area contributed by atoms with Crippen LogP contribution in [-0.2, 0) is 23.8 Å². The number of ether oxygens (including phenoxy) is 3. The summed E-state index contributed by atoms with van der Waals surface area (Å²) < 4.78 is 17.7. The molecule has 5 heteroatoms. The Balaban J connectivity index is 1.65. The van der Waals surface area contributed by atoms with Crippen LogP contribution in [0.5, 0.6) is 0 Å². The lowest BCUT2D eigenvalue weighted by molar-refractivity contribution is -0.228. The third-order valence-corrected chi connectivity index (χ3v) is 8.94. The van der Waals surface area contributed by atoms with Gasteiger partial charge in [-0.3, -0.25) is 9.59 Å². The van der Waals surface area contributed by atoms with Crippen molar-refractivity contribution in [2.45, 2.75) is 58.7 Å².